The molecule has 1 unspecified atom stereocenters. The van der Waals surface area contributed by atoms with E-state index in [4.69, 9.17) is 4.74 Å². The van der Waals surface area contributed by atoms with Crippen molar-refractivity contribution in [2.75, 3.05) is 13.2 Å². The second-order valence-corrected chi connectivity index (χ2v) is 5.60. The van der Waals surface area contributed by atoms with E-state index in [1.807, 2.05) is 32.9 Å². The van der Waals surface area contributed by atoms with Gasteiger partial charge in [0.15, 0.2) is 0 Å². The summed E-state index contributed by atoms with van der Waals surface area (Å²) in [7, 11) is 0. The van der Waals surface area contributed by atoms with Gasteiger partial charge in [0.05, 0.1) is 6.54 Å². The number of ether oxygens (including phenoxy) is 1. The number of rotatable bonds is 6. The number of hydrogen-bond acceptors (Lipinski definition) is 2. The van der Waals surface area contributed by atoms with E-state index in [2.05, 4.69) is 30.5 Å². The Labute approximate surface area is 121 Å². The lowest BCUT2D eigenvalue weighted by Crippen LogP contribution is -2.44. The van der Waals surface area contributed by atoms with Crippen molar-refractivity contribution in [2.45, 2.75) is 40.7 Å². The molecule has 0 radical (unpaired) electrons. The molecule has 0 aliphatic rings. The number of amides is 2. The summed E-state index contributed by atoms with van der Waals surface area (Å²) < 4.78 is 5.63. The summed E-state index contributed by atoms with van der Waals surface area (Å²) in [6, 6.07) is 6.11. The Morgan fingerprint density at radius 2 is 1.75 bits per heavy atom. The van der Waals surface area contributed by atoms with Crippen LogP contribution >= 0.6 is 0 Å². The van der Waals surface area contributed by atoms with Gasteiger partial charge in [-0.3, -0.25) is 0 Å². The van der Waals surface area contributed by atoms with Crippen LogP contribution < -0.4 is 15.4 Å². The Hall–Kier alpha value is -1.71. The van der Waals surface area contributed by atoms with Crippen molar-refractivity contribution in [3.8, 4) is 5.75 Å². The van der Waals surface area contributed by atoms with E-state index < -0.39 is 0 Å². The molecule has 2 amide bonds. The summed E-state index contributed by atoms with van der Waals surface area (Å²) in [4.78, 5) is 11.6. The molecule has 0 aliphatic heterocycles. The summed E-state index contributed by atoms with van der Waals surface area (Å²) in [6.07, 6.45) is 0. The first-order chi connectivity index (χ1) is 9.38. The van der Waals surface area contributed by atoms with E-state index in [9.17, 15) is 4.79 Å². The van der Waals surface area contributed by atoms with E-state index in [0.29, 0.717) is 19.1 Å². The van der Waals surface area contributed by atoms with Crippen LogP contribution in [0.2, 0.25) is 0 Å². The summed E-state index contributed by atoms with van der Waals surface area (Å²) in [5, 5.41) is 5.68. The van der Waals surface area contributed by atoms with Gasteiger partial charge in [-0.05, 0) is 49.9 Å². The number of urea groups is 1. The number of nitrogens with one attached hydrogen (secondary N) is 2. The van der Waals surface area contributed by atoms with E-state index in [0.717, 1.165) is 5.75 Å². The lowest BCUT2D eigenvalue weighted by Gasteiger charge is -2.17. The van der Waals surface area contributed by atoms with Gasteiger partial charge in [0.2, 0.25) is 0 Å². The van der Waals surface area contributed by atoms with Gasteiger partial charge in [-0.25, -0.2) is 4.79 Å². The zero-order valence-electron chi connectivity index (χ0n) is 13.1. The summed E-state index contributed by atoms with van der Waals surface area (Å²) in [5.41, 5.74) is 2.35. The lowest BCUT2D eigenvalue weighted by atomic mass is 10.1. The molecule has 0 heterocycles. The minimum absolute atomic E-state index is 0.143. The molecule has 112 valence electrons. The molecule has 1 aromatic carbocycles. The van der Waals surface area contributed by atoms with E-state index in [-0.39, 0.29) is 12.1 Å². The van der Waals surface area contributed by atoms with Crippen molar-refractivity contribution >= 4 is 6.03 Å². The van der Waals surface area contributed by atoms with Gasteiger partial charge < -0.3 is 15.4 Å². The maximum absolute atomic E-state index is 11.6. The van der Waals surface area contributed by atoms with Crippen LogP contribution in [0, 0.1) is 19.8 Å². The highest BCUT2D eigenvalue weighted by Gasteiger charge is 2.09. The first kappa shape index (κ1) is 16.3. The van der Waals surface area contributed by atoms with Crippen molar-refractivity contribution in [2.24, 2.45) is 5.92 Å². The molecule has 0 spiro atoms. The Balaban J connectivity index is 2.26. The SMILES string of the molecule is Cc1cc(C)cc(OCCNC(=O)NC(C)C(C)C)c1. The maximum Gasteiger partial charge on any atom is 0.315 e. The van der Waals surface area contributed by atoms with Crippen LogP contribution in [-0.2, 0) is 0 Å². The number of aryl methyl sites for hydroxylation is 2. The van der Waals surface area contributed by atoms with Gasteiger partial charge in [-0.2, -0.15) is 0 Å². The summed E-state index contributed by atoms with van der Waals surface area (Å²) in [5.74, 6) is 1.27. The van der Waals surface area contributed by atoms with E-state index >= 15 is 0 Å². The second kappa shape index (κ2) is 7.78. The minimum Gasteiger partial charge on any atom is -0.492 e. The minimum atomic E-state index is -0.143. The predicted octanol–water partition coefficient (Wildman–Crippen LogP) is 3.03. The molecule has 0 aromatic heterocycles. The fourth-order valence-corrected chi connectivity index (χ4v) is 1.77. The summed E-state index contributed by atoms with van der Waals surface area (Å²) in [6.45, 7) is 11.2. The Morgan fingerprint density at radius 1 is 1.15 bits per heavy atom. The van der Waals surface area contributed by atoms with Crippen molar-refractivity contribution in [1.82, 2.24) is 10.6 Å². The second-order valence-electron chi connectivity index (χ2n) is 5.60. The van der Waals surface area contributed by atoms with Gasteiger partial charge in [-0.1, -0.05) is 19.9 Å². The average Bonchev–Trinajstić information content (AvgIpc) is 2.33. The highest BCUT2D eigenvalue weighted by atomic mass is 16.5. The largest absolute Gasteiger partial charge is 0.492 e. The molecule has 0 saturated heterocycles. The number of carbonyl (C=O) groups excluding carboxylic acids is 1. The first-order valence-electron chi connectivity index (χ1n) is 7.14. The molecule has 4 heteroatoms. The van der Waals surface area contributed by atoms with Crippen LogP contribution in [0.3, 0.4) is 0 Å². The molecule has 0 saturated carbocycles. The fraction of sp³-hybridized carbons (Fsp3) is 0.562. The van der Waals surface area contributed by atoms with Crippen molar-refractivity contribution in [3.05, 3.63) is 29.3 Å². The molecule has 1 atom stereocenters. The summed E-state index contributed by atoms with van der Waals surface area (Å²) >= 11 is 0. The first-order valence-corrected chi connectivity index (χ1v) is 7.14. The standard InChI is InChI=1S/C16H26N2O2/c1-11(2)14(5)18-16(19)17-6-7-20-15-9-12(3)8-13(4)10-15/h8-11,14H,6-7H2,1-5H3,(H2,17,18,19). The average molecular weight is 278 g/mol. The van der Waals surface area contributed by atoms with Gasteiger partial charge in [0, 0.05) is 6.04 Å². The number of benzene rings is 1. The molecule has 0 fully saturated rings. The topological polar surface area (TPSA) is 50.4 Å². The molecule has 1 rings (SSSR count). The third-order valence-electron chi connectivity index (χ3n) is 3.21. The van der Waals surface area contributed by atoms with Crippen LogP contribution in [0.25, 0.3) is 0 Å². The molecule has 2 N–H and O–H groups in total. The fourth-order valence-electron chi connectivity index (χ4n) is 1.77. The van der Waals surface area contributed by atoms with Gasteiger partial charge in [-0.15, -0.1) is 0 Å². The zero-order valence-corrected chi connectivity index (χ0v) is 13.1. The van der Waals surface area contributed by atoms with Gasteiger partial charge in [0.1, 0.15) is 12.4 Å². The molecule has 4 nitrogen and oxygen atoms in total. The normalized spacial score (nSPS) is 12.1. The lowest BCUT2D eigenvalue weighted by molar-refractivity contribution is 0.230. The van der Waals surface area contributed by atoms with Crippen molar-refractivity contribution in [3.63, 3.8) is 0 Å². The third kappa shape index (κ3) is 5.95. The highest BCUT2D eigenvalue weighted by molar-refractivity contribution is 5.74. The maximum atomic E-state index is 11.6. The van der Waals surface area contributed by atoms with Gasteiger partial charge in [0.25, 0.3) is 0 Å². The molecular formula is C16H26N2O2. The van der Waals surface area contributed by atoms with Gasteiger partial charge >= 0.3 is 6.03 Å². The van der Waals surface area contributed by atoms with Crippen molar-refractivity contribution < 1.29 is 9.53 Å². The van der Waals surface area contributed by atoms with Crippen LogP contribution in [-0.4, -0.2) is 25.2 Å². The highest BCUT2D eigenvalue weighted by Crippen LogP contribution is 2.15. The Morgan fingerprint density at radius 3 is 2.30 bits per heavy atom. The molecule has 1 aromatic rings. The molecule has 0 bridgehead atoms. The van der Waals surface area contributed by atoms with E-state index in [1.165, 1.54) is 11.1 Å². The Kier molecular flexibility index (Phi) is 6.36. The Bertz CT molecular complexity index is 424. The van der Waals surface area contributed by atoms with Crippen LogP contribution in [0.1, 0.15) is 31.9 Å². The monoisotopic (exact) mass is 278 g/mol. The van der Waals surface area contributed by atoms with Crippen LogP contribution in [0.4, 0.5) is 4.79 Å². The number of carbonyl (C=O) groups is 1. The van der Waals surface area contributed by atoms with Crippen molar-refractivity contribution in [1.29, 1.82) is 0 Å². The quantitative estimate of drug-likeness (QED) is 0.786. The number of hydrogen-bond donors (Lipinski definition) is 2. The van der Waals surface area contributed by atoms with E-state index in [1.54, 1.807) is 0 Å². The molecular weight excluding hydrogens is 252 g/mol. The van der Waals surface area contributed by atoms with Crippen LogP contribution in [0.15, 0.2) is 18.2 Å². The third-order valence-corrected chi connectivity index (χ3v) is 3.21. The zero-order chi connectivity index (χ0) is 15.1. The smallest absolute Gasteiger partial charge is 0.315 e. The molecule has 20 heavy (non-hydrogen) atoms. The predicted molar refractivity (Wildman–Crippen MR) is 82.2 cm³/mol. The molecule has 0 aliphatic carbocycles. The van der Waals surface area contributed by atoms with Crippen LogP contribution in [0.5, 0.6) is 5.75 Å².